The van der Waals surface area contributed by atoms with Crippen LogP contribution in [-0.4, -0.2) is 32.5 Å². The summed E-state index contributed by atoms with van der Waals surface area (Å²) < 4.78 is 40.0. The first-order chi connectivity index (χ1) is 16.9. The number of carbonyl (C=O) groups is 1. The van der Waals surface area contributed by atoms with E-state index < -0.39 is 15.9 Å². The lowest BCUT2D eigenvalue weighted by Crippen LogP contribution is -2.24. The predicted molar refractivity (Wildman–Crippen MR) is 133 cm³/mol. The fraction of sp³-hybridized carbons (Fsp3) is 0.308. The summed E-state index contributed by atoms with van der Waals surface area (Å²) in [5, 5.41) is 2.84. The number of methoxy groups -OCH3 is 1. The Morgan fingerprint density at radius 3 is 2.54 bits per heavy atom. The molecule has 35 heavy (non-hydrogen) atoms. The summed E-state index contributed by atoms with van der Waals surface area (Å²) in [5.41, 5.74) is 2.38. The van der Waals surface area contributed by atoms with Crippen molar-refractivity contribution in [2.24, 2.45) is 0 Å². The van der Waals surface area contributed by atoms with E-state index in [1.54, 1.807) is 24.4 Å². The van der Waals surface area contributed by atoms with Gasteiger partial charge in [0.05, 0.1) is 7.11 Å². The Labute approximate surface area is 205 Å². The maximum absolute atomic E-state index is 13.1. The van der Waals surface area contributed by atoms with E-state index in [1.807, 2.05) is 25.1 Å². The van der Waals surface area contributed by atoms with Crippen LogP contribution in [-0.2, 0) is 16.6 Å². The molecule has 1 saturated carbocycles. The van der Waals surface area contributed by atoms with Gasteiger partial charge in [-0.3, -0.25) is 9.52 Å². The molecule has 1 aromatic heterocycles. The van der Waals surface area contributed by atoms with E-state index >= 15 is 0 Å². The quantitative estimate of drug-likeness (QED) is 0.454. The molecule has 0 atom stereocenters. The van der Waals surface area contributed by atoms with Gasteiger partial charge in [-0.2, -0.15) is 0 Å². The van der Waals surface area contributed by atoms with E-state index in [-0.39, 0.29) is 28.9 Å². The van der Waals surface area contributed by atoms with Crippen LogP contribution in [0.4, 0.5) is 5.69 Å². The molecule has 1 fully saturated rings. The van der Waals surface area contributed by atoms with Crippen molar-refractivity contribution in [1.29, 1.82) is 0 Å². The van der Waals surface area contributed by atoms with E-state index in [0.717, 1.165) is 36.8 Å². The number of carbonyl (C=O) groups excluding carboxylic acids is 1. The smallest absolute Gasteiger partial charge is 0.265 e. The molecular formula is C26H29N3O5S. The summed E-state index contributed by atoms with van der Waals surface area (Å²) in [6.45, 7) is 2.11. The molecule has 0 aliphatic heterocycles. The van der Waals surface area contributed by atoms with Gasteiger partial charge in [-0.1, -0.05) is 23.8 Å². The second-order valence-electron chi connectivity index (χ2n) is 8.51. The number of ether oxygens (including phenoxy) is 2. The number of sulfonamides is 1. The largest absolute Gasteiger partial charge is 0.495 e. The van der Waals surface area contributed by atoms with Crippen molar-refractivity contribution >= 4 is 21.6 Å². The highest BCUT2D eigenvalue weighted by Crippen LogP contribution is 2.28. The van der Waals surface area contributed by atoms with Gasteiger partial charge in [-0.25, -0.2) is 13.4 Å². The lowest BCUT2D eigenvalue weighted by molar-refractivity contribution is 0.0950. The van der Waals surface area contributed by atoms with Crippen LogP contribution < -0.4 is 19.5 Å². The highest BCUT2D eigenvalue weighted by atomic mass is 32.2. The topological polar surface area (TPSA) is 107 Å². The monoisotopic (exact) mass is 495 g/mol. The van der Waals surface area contributed by atoms with Gasteiger partial charge in [0.2, 0.25) is 5.88 Å². The van der Waals surface area contributed by atoms with Gasteiger partial charge in [0.1, 0.15) is 16.7 Å². The lowest BCUT2D eigenvalue weighted by Gasteiger charge is -2.16. The molecule has 0 radical (unpaired) electrons. The van der Waals surface area contributed by atoms with Crippen molar-refractivity contribution in [1.82, 2.24) is 10.3 Å². The summed E-state index contributed by atoms with van der Waals surface area (Å²) in [7, 11) is -2.61. The molecule has 0 spiro atoms. The number of pyridine rings is 1. The molecular weight excluding hydrogens is 466 g/mol. The molecule has 0 saturated heterocycles. The summed E-state index contributed by atoms with van der Waals surface area (Å²) >= 11 is 0. The van der Waals surface area contributed by atoms with Crippen LogP contribution >= 0.6 is 0 Å². The van der Waals surface area contributed by atoms with Crippen LogP contribution in [0.15, 0.2) is 65.7 Å². The molecule has 8 nitrogen and oxygen atoms in total. The summed E-state index contributed by atoms with van der Waals surface area (Å²) in [4.78, 5) is 17.1. The minimum atomic E-state index is -4.00. The number of nitrogens with one attached hydrogen (secondary N) is 2. The molecule has 0 unspecified atom stereocenters. The predicted octanol–water partition coefficient (Wildman–Crippen LogP) is 4.45. The maximum Gasteiger partial charge on any atom is 0.265 e. The van der Waals surface area contributed by atoms with Crippen LogP contribution in [0.3, 0.4) is 0 Å². The maximum atomic E-state index is 13.1. The third kappa shape index (κ3) is 6.10. The van der Waals surface area contributed by atoms with Crippen molar-refractivity contribution in [3.8, 4) is 11.6 Å². The number of anilines is 1. The number of rotatable bonds is 9. The van der Waals surface area contributed by atoms with E-state index in [9.17, 15) is 13.2 Å². The van der Waals surface area contributed by atoms with Gasteiger partial charge in [0, 0.05) is 29.6 Å². The average Bonchev–Trinajstić information content (AvgIpc) is 3.37. The van der Waals surface area contributed by atoms with E-state index in [2.05, 4.69) is 15.0 Å². The molecule has 0 bridgehead atoms. The second kappa shape index (κ2) is 10.8. The molecule has 1 aliphatic rings. The van der Waals surface area contributed by atoms with Gasteiger partial charge in [-0.05, 0) is 69.0 Å². The first-order valence-electron chi connectivity index (χ1n) is 11.5. The lowest BCUT2D eigenvalue weighted by atomic mass is 10.2. The number of aromatic nitrogens is 1. The van der Waals surface area contributed by atoms with Gasteiger partial charge in [0.25, 0.3) is 15.9 Å². The first kappa shape index (κ1) is 24.5. The summed E-state index contributed by atoms with van der Waals surface area (Å²) in [6.07, 6.45) is 6.10. The molecule has 184 valence electrons. The van der Waals surface area contributed by atoms with Crippen LogP contribution in [0.25, 0.3) is 0 Å². The van der Waals surface area contributed by atoms with Crippen molar-refractivity contribution < 1.29 is 22.7 Å². The van der Waals surface area contributed by atoms with Crippen LogP contribution in [0.1, 0.15) is 47.2 Å². The zero-order valence-electron chi connectivity index (χ0n) is 19.8. The normalized spacial score (nSPS) is 13.9. The van der Waals surface area contributed by atoms with Gasteiger partial charge in [0.15, 0.2) is 0 Å². The van der Waals surface area contributed by atoms with Crippen LogP contribution in [0.2, 0.25) is 0 Å². The highest BCUT2D eigenvalue weighted by Gasteiger charge is 2.23. The van der Waals surface area contributed by atoms with Crippen molar-refractivity contribution in [3.63, 3.8) is 0 Å². The van der Waals surface area contributed by atoms with E-state index in [4.69, 9.17) is 9.47 Å². The molecule has 4 rings (SSSR count). The molecule has 2 aromatic carbocycles. The van der Waals surface area contributed by atoms with Crippen LogP contribution in [0.5, 0.6) is 11.6 Å². The van der Waals surface area contributed by atoms with Gasteiger partial charge < -0.3 is 14.8 Å². The fourth-order valence-corrected chi connectivity index (χ4v) is 5.22. The van der Waals surface area contributed by atoms with Crippen molar-refractivity contribution in [2.75, 3.05) is 11.8 Å². The van der Waals surface area contributed by atoms with E-state index in [0.29, 0.717) is 11.6 Å². The number of hydrogen-bond acceptors (Lipinski definition) is 6. The Morgan fingerprint density at radius 2 is 1.83 bits per heavy atom. The third-order valence-corrected chi connectivity index (χ3v) is 7.29. The zero-order valence-corrected chi connectivity index (χ0v) is 20.6. The van der Waals surface area contributed by atoms with E-state index in [1.165, 1.54) is 25.3 Å². The van der Waals surface area contributed by atoms with Crippen LogP contribution in [0, 0.1) is 6.92 Å². The SMILES string of the molecule is COc1ccc(C(=O)NCc2cccnc2OC2CCCC2)cc1S(=O)(=O)Nc1ccc(C)cc1. The molecule has 1 heterocycles. The van der Waals surface area contributed by atoms with Gasteiger partial charge in [-0.15, -0.1) is 0 Å². The number of hydrogen-bond donors (Lipinski definition) is 2. The molecule has 3 aromatic rings. The standard InChI is InChI=1S/C26H29N3O5S/c1-18-9-12-21(13-10-18)29-35(31,32)24-16-19(11-14-23(24)33-2)25(30)28-17-20-6-5-15-27-26(20)34-22-7-3-4-8-22/h5-6,9-16,22,29H,3-4,7-8,17H2,1-2H3,(H,28,30). The molecule has 1 aliphatic carbocycles. The average molecular weight is 496 g/mol. The highest BCUT2D eigenvalue weighted by molar-refractivity contribution is 7.92. The number of aryl methyl sites for hydroxylation is 1. The number of benzene rings is 2. The third-order valence-electron chi connectivity index (χ3n) is 5.89. The van der Waals surface area contributed by atoms with Crippen molar-refractivity contribution in [2.45, 2.75) is 50.2 Å². The minimum Gasteiger partial charge on any atom is -0.495 e. The second-order valence-corrected chi connectivity index (χ2v) is 10.2. The zero-order chi connectivity index (χ0) is 24.8. The Hall–Kier alpha value is -3.59. The minimum absolute atomic E-state index is 0.125. The van der Waals surface area contributed by atoms with Crippen molar-refractivity contribution in [3.05, 3.63) is 77.5 Å². The fourth-order valence-electron chi connectivity index (χ4n) is 3.97. The summed E-state index contributed by atoms with van der Waals surface area (Å²) in [6, 6.07) is 14.9. The molecule has 1 amide bonds. The summed E-state index contributed by atoms with van der Waals surface area (Å²) in [5.74, 6) is 0.232. The van der Waals surface area contributed by atoms with Gasteiger partial charge >= 0.3 is 0 Å². The number of amides is 1. The molecule has 2 N–H and O–H groups in total. The molecule has 9 heteroatoms. The Balaban J connectivity index is 1.50. The Morgan fingerprint density at radius 1 is 1.09 bits per heavy atom. The Kier molecular flexibility index (Phi) is 7.55. The Bertz CT molecular complexity index is 1290. The number of nitrogens with zero attached hydrogens (tertiary/aromatic N) is 1. The first-order valence-corrected chi connectivity index (χ1v) is 13.0.